The summed E-state index contributed by atoms with van der Waals surface area (Å²) in [5.41, 5.74) is 4.99. The highest BCUT2D eigenvalue weighted by Crippen LogP contribution is 2.14. The predicted octanol–water partition coefficient (Wildman–Crippen LogP) is 2.54. The minimum Gasteiger partial charge on any atom is -0.475 e. The van der Waals surface area contributed by atoms with E-state index in [0.717, 1.165) is 9.15 Å². The second-order valence-electron chi connectivity index (χ2n) is 4.79. The average molecular weight is 459 g/mol. The largest absolute Gasteiger partial charge is 0.490 e. The molecule has 3 N–H and O–H groups in total. The molecule has 0 aliphatic carbocycles. The first-order valence-electron chi connectivity index (χ1n) is 6.91. The summed E-state index contributed by atoms with van der Waals surface area (Å²) in [5.74, 6) is -2.76. The lowest BCUT2D eigenvalue weighted by atomic mass is 10.3. The number of nitrogens with zero attached hydrogens (tertiary/aromatic N) is 3. The Labute approximate surface area is 156 Å². The van der Waals surface area contributed by atoms with Crippen molar-refractivity contribution in [3.63, 3.8) is 0 Å². The number of carboxylic acid groups (broad SMARTS) is 1. The molecule has 148 valence electrons. The Kier molecular flexibility index (Phi) is 7.84. The van der Waals surface area contributed by atoms with E-state index in [4.69, 9.17) is 15.6 Å². The summed E-state index contributed by atoms with van der Waals surface area (Å²) in [6.45, 7) is -0.642. The van der Waals surface area contributed by atoms with Crippen molar-refractivity contribution in [2.75, 3.05) is 6.54 Å². The van der Waals surface area contributed by atoms with Crippen molar-refractivity contribution >= 4 is 21.9 Å². The van der Waals surface area contributed by atoms with E-state index >= 15 is 0 Å². The molecule has 0 bridgehead atoms. The quantitative estimate of drug-likeness (QED) is 0.685. The number of rotatable bonds is 4. The summed E-state index contributed by atoms with van der Waals surface area (Å²) in [6, 6.07) is 7.01. The Morgan fingerprint density at radius 2 is 1.89 bits per heavy atom. The molecule has 1 aromatic heterocycles. The van der Waals surface area contributed by atoms with Gasteiger partial charge in [-0.2, -0.15) is 27.1 Å². The molecule has 2 rings (SSSR count). The lowest BCUT2D eigenvalue weighted by Crippen LogP contribution is -2.26. The SMILES string of the molecule is NCC(Cn1ncn(-c2cccc(Br)c2)c1=O)=C(F)F.O=C(O)C(F)(F)F. The van der Waals surface area contributed by atoms with Crippen LogP contribution in [0.4, 0.5) is 22.0 Å². The van der Waals surface area contributed by atoms with Gasteiger partial charge in [-0.15, -0.1) is 0 Å². The van der Waals surface area contributed by atoms with Gasteiger partial charge in [0, 0.05) is 16.6 Å². The normalized spacial score (nSPS) is 10.8. The second-order valence-corrected chi connectivity index (χ2v) is 5.71. The summed E-state index contributed by atoms with van der Waals surface area (Å²) >= 11 is 3.30. The fourth-order valence-corrected chi connectivity index (χ4v) is 2.02. The van der Waals surface area contributed by atoms with E-state index in [9.17, 15) is 26.7 Å². The Morgan fingerprint density at radius 3 is 2.33 bits per heavy atom. The molecule has 0 radical (unpaired) electrons. The number of alkyl halides is 3. The highest BCUT2D eigenvalue weighted by molar-refractivity contribution is 9.10. The molecule has 0 saturated heterocycles. The monoisotopic (exact) mass is 458 g/mol. The molecule has 0 aliphatic rings. The van der Waals surface area contributed by atoms with Crippen molar-refractivity contribution in [3.8, 4) is 5.69 Å². The number of aliphatic carboxylic acids is 1. The van der Waals surface area contributed by atoms with Crippen LogP contribution in [-0.2, 0) is 11.3 Å². The molecule has 0 spiro atoms. The fraction of sp³-hybridized carbons (Fsp3) is 0.214. The summed E-state index contributed by atoms with van der Waals surface area (Å²) in [7, 11) is 0. The molecule has 7 nitrogen and oxygen atoms in total. The van der Waals surface area contributed by atoms with E-state index in [1.807, 2.05) is 6.07 Å². The van der Waals surface area contributed by atoms with Gasteiger partial charge in [-0.05, 0) is 18.2 Å². The standard InChI is InChI=1S/C12H11BrF2N4O.C2HF3O2/c13-9-2-1-3-10(4-9)18-7-17-19(12(18)20)6-8(5-16)11(14)15;3-2(4,5)1(6)7/h1-4,7H,5-6,16H2;(H,6,7). The first-order chi connectivity index (χ1) is 12.5. The third-order valence-corrected chi connectivity index (χ3v) is 3.41. The fourth-order valence-electron chi connectivity index (χ4n) is 1.63. The molecular formula is C14H12BrF5N4O3. The maximum atomic E-state index is 12.5. The summed E-state index contributed by atoms with van der Waals surface area (Å²) in [4.78, 5) is 21.0. The highest BCUT2D eigenvalue weighted by atomic mass is 79.9. The molecule has 1 heterocycles. The van der Waals surface area contributed by atoms with E-state index in [-0.39, 0.29) is 18.7 Å². The Balaban J connectivity index is 0.000000445. The molecule has 2 aromatic rings. The molecule has 27 heavy (non-hydrogen) atoms. The molecule has 13 heteroatoms. The van der Waals surface area contributed by atoms with Crippen LogP contribution in [-0.4, -0.2) is 38.1 Å². The van der Waals surface area contributed by atoms with Crippen LogP contribution in [0.3, 0.4) is 0 Å². The van der Waals surface area contributed by atoms with Gasteiger partial charge in [0.15, 0.2) is 0 Å². The number of hydrogen-bond donors (Lipinski definition) is 2. The number of benzene rings is 1. The molecule has 0 fully saturated rings. The van der Waals surface area contributed by atoms with Crippen LogP contribution in [0.5, 0.6) is 0 Å². The van der Waals surface area contributed by atoms with Crippen LogP contribution in [0.25, 0.3) is 5.69 Å². The third kappa shape index (κ3) is 6.60. The minimum absolute atomic E-state index is 0.313. The number of carboxylic acids is 1. The first-order valence-corrected chi connectivity index (χ1v) is 7.70. The van der Waals surface area contributed by atoms with E-state index in [0.29, 0.717) is 5.69 Å². The third-order valence-electron chi connectivity index (χ3n) is 2.92. The molecule has 0 aliphatic heterocycles. The van der Waals surface area contributed by atoms with Crippen LogP contribution >= 0.6 is 15.9 Å². The predicted molar refractivity (Wildman–Crippen MR) is 87.5 cm³/mol. The number of hydrogen-bond acceptors (Lipinski definition) is 4. The molecular weight excluding hydrogens is 447 g/mol. The number of aromatic nitrogens is 3. The lowest BCUT2D eigenvalue weighted by Gasteiger charge is -2.03. The number of halogens is 6. The van der Waals surface area contributed by atoms with Crippen molar-refractivity contribution < 1.29 is 31.9 Å². The van der Waals surface area contributed by atoms with Gasteiger partial charge in [0.25, 0.3) is 6.08 Å². The van der Waals surface area contributed by atoms with Gasteiger partial charge >= 0.3 is 17.8 Å². The van der Waals surface area contributed by atoms with Crippen LogP contribution in [0.1, 0.15) is 0 Å². The van der Waals surface area contributed by atoms with Crippen molar-refractivity contribution in [3.05, 3.63) is 57.2 Å². The van der Waals surface area contributed by atoms with E-state index < -0.39 is 23.9 Å². The van der Waals surface area contributed by atoms with Crippen LogP contribution < -0.4 is 11.4 Å². The Bertz CT molecular complexity index is 887. The maximum absolute atomic E-state index is 12.5. The van der Waals surface area contributed by atoms with Crippen molar-refractivity contribution in [1.29, 1.82) is 0 Å². The summed E-state index contributed by atoms with van der Waals surface area (Å²) < 4.78 is 59.8. The van der Waals surface area contributed by atoms with Gasteiger partial charge < -0.3 is 10.8 Å². The van der Waals surface area contributed by atoms with Gasteiger partial charge in [0.05, 0.1) is 12.2 Å². The van der Waals surface area contributed by atoms with Gasteiger partial charge in [-0.25, -0.2) is 18.8 Å². The van der Waals surface area contributed by atoms with Crippen molar-refractivity contribution in [1.82, 2.24) is 14.3 Å². The zero-order valence-corrected chi connectivity index (χ0v) is 14.8. The second kappa shape index (κ2) is 9.41. The first kappa shape index (κ1) is 22.5. The smallest absolute Gasteiger partial charge is 0.475 e. The minimum atomic E-state index is -5.08. The topological polar surface area (TPSA) is 103 Å². The Hall–Kier alpha value is -2.54. The zero-order chi connectivity index (χ0) is 20.8. The van der Waals surface area contributed by atoms with E-state index in [2.05, 4.69) is 21.0 Å². The highest BCUT2D eigenvalue weighted by Gasteiger charge is 2.38. The van der Waals surface area contributed by atoms with Gasteiger partial charge in [-0.3, -0.25) is 0 Å². The van der Waals surface area contributed by atoms with Gasteiger partial charge in [-0.1, -0.05) is 22.0 Å². The maximum Gasteiger partial charge on any atom is 0.490 e. The van der Waals surface area contributed by atoms with Crippen LogP contribution in [0.2, 0.25) is 0 Å². The van der Waals surface area contributed by atoms with E-state index in [1.54, 1.807) is 18.2 Å². The summed E-state index contributed by atoms with van der Waals surface area (Å²) in [6.07, 6.45) is -5.68. The van der Waals surface area contributed by atoms with Crippen LogP contribution in [0.15, 0.2) is 51.5 Å². The Morgan fingerprint density at radius 1 is 1.30 bits per heavy atom. The van der Waals surface area contributed by atoms with Gasteiger partial charge in [0.2, 0.25) is 0 Å². The molecule has 0 saturated carbocycles. The molecule has 0 unspecified atom stereocenters. The molecule has 0 atom stereocenters. The number of carbonyl (C=O) groups is 1. The average Bonchev–Trinajstić information content (AvgIpc) is 2.92. The lowest BCUT2D eigenvalue weighted by molar-refractivity contribution is -0.192. The van der Waals surface area contributed by atoms with Crippen molar-refractivity contribution in [2.45, 2.75) is 12.7 Å². The van der Waals surface area contributed by atoms with Crippen molar-refractivity contribution in [2.24, 2.45) is 5.73 Å². The molecule has 0 amide bonds. The van der Waals surface area contributed by atoms with E-state index in [1.165, 1.54) is 10.9 Å². The van der Waals surface area contributed by atoms with Gasteiger partial charge in [0.1, 0.15) is 6.33 Å². The number of nitrogens with two attached hydrogens (primary N) is 1. The summed E-state index contributed by atoms with van der Waals surface area (Å²) in [5, 5.41) is 10.9. The van der Waals surface area contributed by atoms with Crippen LogP contribution in [0, 0.1) is 0 Å². The zero-order valence-electron chi connectivity index (χ0n) is 13.3. The molecule has 1 aromatic carbocycles.